The molecule has 4 aromatic rings. The fraction of sp³-hybridized carbons (Fsp3) is 0.208. The van der Waals surface area contributed by atoms with Crippen LogP contribution in [0.1, 0.15) is 11.3 Å². The zero-order valence-electron chi connectivity index (χ0n) is 16.5. The average molecular weight is 421 g/mol. The van der Waals surface area contributed by atoms with Crippen LogP contribution in [0.5, 0.6) is 0 Å². The maximum absolute atomic E-state index is 14.8. The molecule has 4 nitrogen and oxygen atoms in total. The Morgan fingerprint density at radius 1 is 1.00 bits per heavy atom. The van der Waals surface area contributed by atoms with Crippen molar-refractivity contribution in [2.45, 2.75) is 6.42 Å². The lowest BCUT2D eigenvalue weighted by Gasteiger charge is -2.30. The van der Waals surface area contributed by atoms with E-state index in [1.54, 1.807) is 12.1 Å². The summed E-state index contributed by atoms with van der Waals surface area (Å²) in [5.74, 6) is -0.281. The fourth-order valence-corrected chi connectivity index (χ4v) is 4.55. The van der Waals surface area contributed by atoms with E-state index in [-0.39, 0.29) is 5.82 Å². The van der Waals surface area contributed by atoms with E-state index >= 15 is 0 Å². The molecule has 5 rings (SSSR count). The van der Waals surface area contributed by atoms with Crippen LogP contribution in [0.15, 0.2) is 67.0 Å². The number of pyridine rings is 1. The maximum atomic E-state index is 14.8. The van der Waals surface area contributed by atoms with E-state index in [1.807, 2.05) is 36.7 Å². The highest BCUT2D eigenvalue weighted by Crippen LogP contribution is 2.38. The van der Waals surface area contributed by atoms with Gasteiger partial charge in [-0.05, 0) is 30.3 Å². The van der Waals surface area contributed by atoms with Crippen molar-refractivity contribution >= 4 is 28.2 Å². The quantitative estimate of drug-likeness (QED) is 0.514. The number of halogens is 2. The number of para-hydroxylation sites is 1. The monoisotopic (exact) mass is 420 g/mol. The minimum absolute atomic E-state index is 0.281. The molecule has 152 valence electrons. The molecule has 2 aromatic carbocycles. The maximum Gasteiger partial charge on any atom is 0.128 e. The summed E-state index contributed by atoms with van der Waals surface area (Å²) in [6.07, 6.45) is 4.12. The van der Waals surface area contributed by atoms with Gasteiger partial charge in [-0.15, -0.1) is 0 Å². The van der Waals surface area contributed by atoms with Gasteiger partial charge in [0.15, 0.2) is 0 Å². The zero-order valence-corrected chi connectivity index (χ0v) is 17.2. The second kappa shape index (κ2) is 8.09. The summed E-state index contributed by atoms with van der Waals surface area (Å²) in [5, 5.41) is 4.94. The molecule has 0 saturated carbocycles. The number of anilines is 1. The predicted molar refractivity (Wildman–Crippen MR) is 120 cm³/mol. The second-order valence-corrected chi connectivity index (χ2v) is 7.88. The Morgan fingerprint density at radius 3 is 2.57 bits per heavy atom. The van der Waals surface area contributed by atoms with Gasteiger partial charge < -0.3 is 14.8 Å². The number of nitrogens with zero attached hydrogens (tertiary/aromatic N) is 3. The van der Waals surface area contributed by atoms with Gasteiger partial charge in [-0.2, -0.15) is 0 Å². The van der Waals surface area contributed by atoms with E-state index in [0.29, 0.717) is 17.0 Å². The third-order valence-corrected chi connectivity index (χ3v) is 6.04. The summed E-state index contributed by atoms with van der Waals surface area (Å²) in [6, 6.07) is 17.1. The Kier molecular flexibility index (Phi) is 5.15. The summed E-state index contributed by atoms with van der Waals surface area (Å²) in [6.45, 7) is 3.61. The molecule has 2 aromatic heterocycles. The first kappa shape index (κ1) is 19.1. The molecule has 0 radical (unpaired) electrons. The Hall–Kier alpha value is -2.89. The summed E-state index contributed by atoms with van der Waals surface area (Å²) >= 11 is 6.43. The molecule has 0 atom stereocenters. The molecule has 1 saturated heterocycles. The molecule has 30 heavy (non-hydrogen) atoms. The van der Waals surface area contributed by atoms with Crippen LogP contribution in [-0.2, 0) is 6.42 Å². The van der Waals surface area contributed by atoms with Crippen LogP contribution >= 0.6 is 11.6 Å². The average Bonchev–Trinajstić information content (AvgIpc) is 3.11. The van der Waals surface area contributed by atoms with Crippen molar-refractivity contribution in [2.24, 2.45) is 0 Å². The van der Waals surface area contributed by atoms with Gasteiger partial charge in [-0.25, -0.2) is 4.39 Å². The van der Waals surface area contributed by atoms with Crippen LogP contribution < -0.4 is 10.2 Å². The smallest absolute Gasteiger partial charge is 0.128 e. The van der Waals surface area contributed by atoms with E-state index < -0.39 is 0 Å². The molecule has 1 fully saturated rings. The lowest BCUT2D eigenvalue weighted by Crippen LogP contribution is -2.43. The van der Waals surface area contributed by atoms with Crippen molar-refractivity contribution < 1.29 is 4.39 Å². The van der Waals surface area contributed by atoms with E-state index in [4.69, 9.17) is 11.6 Å². The lowest BCUT2D eigenvalue weighted by atomic mass is 10.1. The molecule has 1 N–H and O–H groups in total. The molecular weight excluding hydrogens is 399 g/mol. The largest absolute Gasteiger partial charge is 0.367 e. The predicted octanol–water partition coefficient (Wildman–Crippen LogP) is 4.82. The van der Waals surface area contributed by atoms with E-state index in [0.717, 1.165) is 54.2 Å². The van der Waals surface area contributed by atoms with Crippen molar-refractivity contribution in [1.29, 1.82) is 0 Å². The minimum atomic E-state index is -0.281. The summed E-state index contributed by atoms with van der Waals surface area (Å²) in [4.78, 5) is 6.78. The minimum Gasteiger partial charge on any atom is -0.367 e. The summed E-state index contributed by atoms with van der Waals surface area (Å²) in [7, 11) is 0. The third kappa shape index (κ3) is 3.34. The highest BCUT2D eigenvalue weighted by molar-refractivity contribution is 6.31. The summed E-state index contributed by atoms with van der Waals surface area (Å²) in [5.41, 5.74) is 4.76. The van der Waals surface area contributed by atoms with Gasteiger partial charge in [-0.3, -0.25) is 4.98 Å². The molecule has 0 bridgehead atoms. The van der Waals surface area contributed by atoms with E-state index in [2.05, 4.69) is 31.9 Å². The SMILES string of the molecule is Fc1cccc(Cl)c1Cc1c(N2CCNCC2)c2cnccc2n1-c1ccccc1. The first-order valence-electron chi connectivity index (χ1n) is 10.2. The number of hydrogen-bond donors (Lipinski definition) is 1. The molecule has 0 aliphatic carbocycles. The van der Waals surface area contributed by atoms with Crippen LogP contribution in [0.3, 0.4) is 0 Å². The van der Waals surface area contributed by atoms with Crippen molar-refractivity contribution in [2.75, 3.05) is 31.1 Å². The number of nitrogens with one attached hydrogen (secondary N) is 1. The first-order valence-corrected chi connectivity index (χ1v) is 10.5. The van der Waals surface area contributed by atoms with E-state index in [9.17, 15) is 4.39 Å². The number of fused-ring (bicyclic) bond motifs is 1. The highest BCUT2D eigenvalue weighted by atomic mass is 35.5. The molecule has 6 heteroatoms. The van der Waals surface area contributed by atoms with Crippen molar-refractivity contribution in [3.05, 3.63) is 89.1 Å². The normalized spacial score (nSPS) is 14.4. The number of aromatic nitrogens is 2. The highest BCUT2D eigenvalue weighted by Gasteiger charge is 2.25. The number of benzene rings is 2. The van der Waals surface area contributed by atoms with Gasteiger partial charge in [-0.1, -0.05) is 35.9 Å². The standard InChI is InChI=1S/C24H22ClFN4/c25-20-7-4-8-21(26)18(20)15-23-24(29-13-11-27-12-14-29)19-16-28-10-9-22(19)30(23)17-5-2-1-3-6-17/h1-10,16,27H,11-15H2. The number of hydrogen-bond acceptors (Lipinski definition) is 3. The van der Waals surface area contributed by atoms with Gasteiger partial charge >= 0.3 is 0 Å². The van der Waals surface area contributed by atoms with Gasteiger partial charge in [0.25, 0.3) is 0 Å². The van der Waals surface area contributed by atoms with E-state index in [1.165, 1.54) is 6.07 Å². The van der Waals surface area contributed by atoms with Gasteiger partial charge in [0, 0.05) is 66.7 Å². The molecule has 0 spiro atoms. The second-order valence-electron chi connectivity index (χ2n) is 7.47. The van der Waals surface area contributed by atoms with Gasteiger partial charge in [0.1, 0.15) is 5.82 Å². The van der Waals surface area contributed by atoms with Crippen LogP contribution in [0.2, 0.25) is 5.02 Å². The topological polar surface area (TPSA) is 33.1 Å². The van der Waals surface area contributed by atoms with Crippen molar-refractivity contribution in [1.82, 2.24) is 14.9 Å². The zero-order chi connectivity index (χ0) is 20.5. The molecule has 1 aliphatic heterocycles. The Balaban J connectivity index is 1.79. The summed E-state index contributed by atoms with van der Waals surface area (Å²) < 4.78 is 17.0. The van der Waals surface area contributed by atoms with Gasteiger partial charge in [0.2, 0.25) is 0 Å². The Bertz CT molecular complexity index is 1160. The van der Waals surface area contributed by atoms with Crippen LogP contribution in [0.4, 0.5) is 10.1 Å². The number of piperazine rings is 1. The third-order valence-electron chi connectivity index (χ3n) is 5.69. The molecule has 1 aliphatic rings. The van der Waals surface area contributed by atoms with Crippen LogP contribution in [0.25, 0.3) is 16.6 Å². The van der Waals surface area contributed by atoms with Gasteiger partial charge in [0.05, 0.1) is 16.9 Å². The first-order chi connectivity index (χ1) is 14.7. The molecular formula is C24H22ClFN4. The molecule has 3 heterocycles. The lowest BCUT2D eigenvalue weighted by molar-refractivity contribution is 0.587. The molecule has 0 unspecified atom stereocenters. The Morgan fingerprint density at radius 2 is 1.80 bits per heavy atom. The fourth-order valence-electron chi connectivity index (χ4n) is 4.32. The Labute approximate surface area is 179 Å². The molecule has 0 amide bonds. The van der Waals surface area contributed by atoms with Crippen LogP contribution in [0, 0.1) is 5.82 Å². The number of rotatable bonds is 4. The van der Waals surface area contributed by atoms with Crippen molar-refractivity contribution in [3.63, 3.8) is 0 Å². The van der Waals surface area contributed by atoms with Crippen LogP contribution in [-0.4, -0.2) is 35.7 Å². The van der Waals surface area contributed by atoms with Crippen molar-refractivity contribution in [3.8, 4) is 5.69 Å².